The second-order valence-corrected chi connectivity index (χ2v) is 6.41. The summed E-state index contributed by atoms with van der Waals surface area (Å²) in [6, 6.07) is 10.9. The van der Waals surface area contributed by atoms with Gasteiger partial charge in [-0.3, -0.25) is 4.79 Å². The zero-order valence-electron chi connectivity index (χ0n) is 14.9. The second kappa shape index (κ2) is 7.85. The van der Waals surface area contributed by atoms with Crippen molar-refractivity contribution in [3.05, 3.63) is 53.7 Å². The van der Waals surface area contributed by atoms with Crippen LogP contribution in [-0.4, -0.2) is 54.8 Å². The first-order valence-electron chi connectivity index (χ1n) is 8.58. The van der Waals surface area contributed by atoms with Gasteiger partial charge in [0.2, 0.25) is 5.88 Å². The van der Waals surface area contributed by atoms with Crippen molar-refractivity contribution in [1.82, 2.24) is 9.88 Å². The minimum absolute atomic E-state index is 0.159. The monoisotopic (exact) mass is 379 g/mol. The number of hydrogen-bond donors (Lipinski definition) is 0. The molecular weight excluding hydrogens is 359 g/mol. The number of benzene rings is 1. The molecule has 144 valence electrons. The predicted molar refractivity (Wildman–Crippen MR) is 95.1 cm³/mol. The van der Waals surface area contributed by atoms with E-state index in [0.29, 0.717) is 18.7 Å². The Labute approximate surface area is 155 Å². The molecule has 1 aliphatic heterocycles. The van der Waals surface area contributed by atoms with Gasteiger partial charge in [0.05, 0.1) is 5.56 Å². The van der Waals surface area contributed by atoms with E-state index < -0.39 is 12.8 Å². The smallest absolute Gasteiger partial charge is 0.422 e. The maximum atomic E-state index is 12.6. The van der Waals surface area contributed by atoms with Crippen LogP contribution < -0.4 is 9.64 Å². The third kappa shape index (κ3) is 5.12. The first kappa shape index (κ1) is 19.0. The second-order valence-electron chi connectivity index (χ2n) is 6.41. The van der Waals surface area contributed by atoms with Gasteiger partial charge < -0.3 is 14.5 Å². The number of nitrogens with zero attached hydrogens (tertiary/aromatic N) is 3. The van der Waals surface area contributed by atoms with Gasteiger partial charge >= 0.3 is 6.18 Å². The summed E-state index contributed by atoms with van der Waals surface area (Å²) in [6.07, 6.45) is -3.17. The van der Waals surface area contributed by atoms with Gasteiger partial charge in [0.15, 0.2) is 6.61 Å². The largest absolute Gasteiger partial charge is 0.468 e. The van der Waals surface area contributed by atoms with Gasteiger partial charge in [0.25, 0.3) is 5.91 Å². The van der Waals surface area contributed by atoms with Gasteiger partial charge in [-0.25, -0.2) is 4.98 Å². The number of aryl methyl sites for hydroxylation is 1. The zero-order chi connectivity index (χ0) is 19.4. The topological polar surface area (TPSA) is 45.7 Å². The van der Waals surface area contributed by atoms with Gasteiger partial charge in [-0.05, 0) is 30.7 Å². The molecule has 1 aromatic heterocycles. The molecule has 3 rings (SSSR count). The van der Waals surface area contributed by atoms with Gasteiger partial charge in [0.1, 0.15) is 0 Å². The Balaban J connectivity index is 1.56. The van der Waals surface area contributed by atoms with Crippen LogP contribution in [0.25, 0.3) is 0 Å². The van der Waals surface area contributed by atoms with Crippen LogP contribution in [0.5, 0.6) is 5.88 Å². The Morgan fingerprint density at radius 3 is 2.48 bits per heavy atom. The molecule has 0 saturated carbocycles. The maximum absolute atomic E-state index is 12.6. The summed E-state index contributed by atoms with van der Waals surface area (Å²) in [5, 5.41) is 0. The number of anilines is 1. The maximum Gasteiger partial charge on any atom is 0.422 e. The molecule has 5 nitrogen and oxygen atoms in total. The fraction of sp³-hybridized carbons (Fsp3) is 0.368. The summed E-state index contributed by atoms with van der Waals surface area (Å²) in [5.41, 5.74) is 2.65. The number of pyridine rings is 1. The summed E-state index contributed by atoms with van der Waals surface area (Å²) >= 11 is 0. The summed E-state index contributed by atoms with van der Waals surface area (Å²) in [5.74, 6) is -0.345. The predicted octanol–water partition coefficient (Wildman–Crippen LogP) is 3.29. The van der Waals surface area contributed by atoms with E-state index in [1.54, 1.807) is 4.90 Å². The van der Waals surface area contributed by atoms with Gasteiger partial charge in [0, 0.05) is 44.1 Å². The number of amides is 1. The van der Waals surface area contributed by atoms with Crippen molar-refractivity contribution in [2.75, 3.05) is 37.7 Å². The molecule has 0 bridgehead atoms. The number of hydrogen-bond acceptors (Lipinski definition) is 4. The highest BCUT2D eigenvalue weighted by Crippen LogP contribution is 2.20. The van der Waals surface area contributed by atoms with Crippen LogP contribution in [0, 0.1) is 6.92 Å². The van der Waals surface area contributed by atoms with Crippen LogP contribution in [0.4, 0.5) is 18.9 Å². The van der Waals surface area contributed by atoms with Crippen LogP contribution in [0.15, 0.2) is 42.6 Å². The molecule has 8 heteroatoms. The normalized spacial score (nSPS) is 15.0. The van der Waals surface area contributed by atoms with E-state index >= 15 is 0 Å². The van der Waals surface area contributed by atoms with Crippen molar-refractivity contribution in [3.63, 3.8) is 0 Å². The van der Waals surface area contributed by atoms with Crippen molar-refractivity contribution in [2.24, 2.45) is 0 Å². The fourth-order valence-corrected chi connectivity index (χ4v) is 2.92. The first-order valence-corrected chi connectivity index (χ1v) is 8.58. The molecule has 2 heterocycles. The first-order chi connectivity index (χ1) is 12.8. The third-order valence-corrected chi connectivity index (χ3v) is 4.30. The van der Waals surface area contributed by atoms with E-state index in [1.807, 2.05) is 25.1 Å². The molecule has 0 N–H and O–H groups in total. The Hall–Kier alpha value is -2.77. The average Bonchev–Trinajstić information content (AvgIpc) is 2.66. The molecule has 0 aliphatic carbocycles. The molecule has 1 aromatic carbocycles. The van der Waals surface area contributed by atoms with E-state index in [-0.39, 0.29) is 11.8 Å². The van der Waals surface area contributed by atoms with E-state index in [1.165, 1.54) is 23.9 Å². The average molecular weight is 379 g/mol. The molecule has 0 radical (unpaired) electrons. The van der Waals surface area contributed by atoms with Gasteiger partial charge in [-0.2, -0.15) is 13.2 Å². The molecule has 27 heavy (non-hydrogen) atoms. The SMILES string of the molecule is Cc1cccc(N2CCN(C(=O)c3ccc(OCC(F)(F)F)nc3)CC2)c1. The number of carbonyl (C=O) groups is 1. The lowest BCUT2D eigenvalue weighted by molar-refractivity contribution is -0.154. The molecule has 0 atom stereocenters. The van der Waals surface area contributed by atoms with Crippen LogP contribution >= 0.6 is 0 Å². The standard InChI is InChI=1S/C19H20F3N3O2/c1-14-3-2-4-16(11-14)24-7-9-25(10-8-24)18(26)15-5-6-17(23-12-15)27-13-19(20,21)22/h2-6,11-12H,7-10,13H2,1H3. The molecule has 0 spiro atoms. The minimum Gasteiger partial charge on any atom is -0.468 e. The van der Waals surface area contributed by atoms with Crippen molar-refractivity contribution in [1.29, 1.82) is 0 Å². The lowest BCUT2D eigenvalue weighted by Gasteiger charge is -2.36. The van der Waals surface area contributed by atoms with Crippen molar-refractivity contribution in [2.45, 2.75) is 13.1 Å². The molecule has 2 aromatic rings. The minimum atomic E-state index is -4.42. The number of piperazine rings is 1. The van der Waals surface area contributed by atoms with Gasteiger partial charge in [-0.15, -0.1) is 0 Å². The van der Waals surface area contributed by atoms with E-state index in [4.69, 9.17) is 0 Å². The van der Waals surface area contributed by atoms with Crippen molar-refractivity contribution < 1.29 is 22.7 Å². The van der Waals surface area contributed by atoms with Gasteiger partial charge in [-0.1, -0.05) is 12.1 Å². The number of halogens is 3. The summed E-state index contributed by atoms with van der Waals surface area (Å²) in [6.45, 7) is 3.20. The number of ether oxygens (including phenoxy) is 1. The van der Waals surface area contributed by atoms with Crippen molar-refractivity contribution in [3.8, 4) is 5.88 Å². The number of carbonyl (C=O) groups excluding carboxylic acids is 1. The quantitative estimate of drug-likeness (QED) is 0.818. The Morgan fingerprint density at radius 2 is 1.89 bits per heavy atom. The molecule has 0 unspecified atom stereocenters. The fourth-order valence-electron chi connectivity index (χ4n) is 2.92. The Bertz CT molecular complexity index is 786. The molecule has 1 amide bonds. The Morgan fingerprint density at radius 1 is 1.15 bits per heavy atom. The third-order valence-electron chi connectivity index (χ3n) is 4.30. The summed E-state index contributed by atoms with van der Waals surface area (Å²) in [4.78, 5) is 20.3. The Kier molecular flexibility index (Phi) is 5.53. The van der Waals surface area contributed by atoms with Crippen LogP contribution in [-0.2, 0) is 0 Å². The number of alkyl halides is 3. The zero-order valence-corrected chi connectivity index (χ0v) is 14.9. The molecule has 1 aliphatic rings. The van der Waals surface area contributed by atoms with Crippen LogP contribution in [0.1, 0.15) is 15.9 Å². The highest BCUT2D eigenvalue weighted by Gasteiger charge is 2.29. The number of rotatable bonds is 4. The molecular formula is C19H20F3N3O2. The van der Waals surface area contributed by atoms with Crippen LogP contribution in [0.2, 0.25) is 0 Å². The van der Waals surface area contributed by atoms with E-state index in [2.05, 4.69) is 20.7 Å². The van der Waals surface area contributed by atoms with Crippen LogP contribution in [0.3, 0.4) is 0 Å². The summed E-state index contributed by atoms with van der Waals surface area (Å²) in [7, 11) is 0. The highest BCUT2D eigenvalue weighted by atomic mass is 19.4. The van der Waals surface area contributed by atoms with Crippen molar-refractivity contribution >= 4 is 11.6 Å². The molecule has 1 fully saturated rings. The highest BCUT2D eigenvalue weighted by molar-refractivity contribution is 5.94. The summed E-state index contributed by atoms with van der Waals surface area (Å²) < 4.78 is 41.0. The lowest BCUT2D eigenvalue weighted by Crippen LogP contribution is -2.48. The lowest BCUT2D eigenvalue weighted by atomic mass is 10.1. The number of aromatic nitrogens is 1. The van der Waals surface area contributed by atoms with E-state index in [0.717, 1.165) is 18.8 Å². The van der Waals surface area contributed by atoms with E-state index in [9.17, 15) is 18.0 Å². The molecule has 1 saturated heterocycles.